The summed E-state index contributed by atoms with van der Waals surface area (Å²) in [6.45, 7) is 1.50. The summed E-state index contributed by atoms with van der Waals surface area (Å²) in [7, 11) is 1.90. The third-order valence-corrected chi connectivity index (χ3v) is 5.08. The molecule has 10 heteroatoms. The van der Waals surface area contributed by atoms with Crippen LogP contribution in [-0.4, -0.2) is 41.1 Å². The zero-order valence-corrected chi connectivity index (χ0v) is 15.7. The fourth-order valence-corrected chi connectivity index (χ4v) is 3.58. The van der Waals surface area contributed by atoms with E-state index >= 15 is 0 Å². The first-order chi connectivity index (χ1) is 13.8. The summed E-state index contributed by atoms with van der Waals surface area (Å²) in [6.07, 6.45) is -1.95. The Labute approximate surface area is 164 Å². The van der Waals surface area contributed by atoms with Crippen LogP contribution in [0.4, 0.5) is 30.4 Å². The maximum Gasteiger partial charge on any atom is 0.416 e. The molecule has 1 unspecified atom stereocenters. The Morgan fingerprint density at radius 2 is 1.90 bits per heavy atom. The SMILES string of the molecule is CNC1CCN(c2nc(-c3c(N)cc(C(F)(F)F)cc3N)nc3cccnc23)C1. The second kappa shape index (κ2) is 7.03. The zero-order valence-electron chi connectivity index (χ0n) is 15.7. The van der Waals surface area contributed by atoms with Crippen molar-refractivity contribution in [2.75, 3.05) is 36.5 Å². The Morgan fingerprint density at radius 3 is 2.52 bits per heavy atom. The van der Waals surface area contributed by atoms with E-state index in [1.165, 1.54) is 0 Å². The van der Waals surface area contributed by atoms with Crippen molar-refractivity contribution in [1.82, 2.24) is 20.3 Å². The molecule has 3 aromatic rings. The number of hydrogen-bond acceptors (Lipinski definition) is 7. The predicted octanol–water partition coefficient (Wildman–Crippen LogP) is 2.67. The Kier molecular flexibility index (Phi) is 4.65. The summed E-state index contributed by atoms with van der Waals surface area (Å²) < 4.78 is 39.2. The van der Waals surface area contributed by atoms with Gasteiger partial charge in [0.1, 0.15) is 5.52 Å². The number of halogens is 3. The van der Waals surface area contributed by atoms with Gasteiger partial charge in [0.15, 0.2) is 11.6 Å². The van der Waals surface area contributed by atoms with Crippen LogP contribution >= 0.6 is 0 Å². The van der Waals surface area contributed by atoms with E-state index in [-0.39, 0.29) is 22.8 Å². The van der Waals surface area contributed by atoms with E-state index in [4.69, 9.17) is 11.5 Å². The van der Waals surface area contributed by atoms with Crippen molar-refractivity contribution in [3.8, 4) is 11.4 Å². The van der Waals surface area contributed by atoms with Gasteiger partial charge in [-0.05, 0) is 37.7 Å². The summed E-state index contributed by atoms with van der Waals surface area (Å²) >= 11 is 0. The predicted molar refractivity (Wildman–Crippen MR) is 106 cm³/mol. The smallest absolute Gasteiger partial charge is 0.398 e. The van der Waals surface area contributed by atoms with Crippen LogP contribution in [0.15, 0.2) is 30.5 Å². The standard InChI is InChI=1S/C19H20F3N7/c1-25-11-4-6-29(9-11)18-16-14(3-2-5-26-16)27-17(28-18)15-12(23)7-10(8-13(15)24)19(20,21)22/h2-3,5,7-8,11,25H,4,6,9,23-24H2,1H3. The van der Waals surface area contributed by atoms with Crippen LogP contribution in [0.3, 0.4) is 0 Å². The number of pyridine rings is 1. The van der Waals surface area contributed by atoms with E-state index in [1.807, 2.05) is 7.05 Å². The van der Waals surface area contributed by atoms with Crippen LogP contribution in [0.2, 0.25) is 0 Å². The van der Waals surface area contributed by atoms with Crippen molar-refractivity contribution in [3.05, 3.63) is 36.0 Å². The lowest BCUT2D eigenvalue weighted by Crippen LogP contribution is -2.30. The van der Waals surface area contributed by atoms with Gasteiger partial charge in [-0.2, -0.15) is 13.2 Å². The van der Waals surface area contributed by atoms with Crippen LogP contribution < -0.4 is 21.7 Å². The Bertz CT molecular complexity index is 1040. The Balaban J connectivity index is 1.88. The molecular weight excluding hydrogens is 383 g/mol. The summed E-state index contributed by atoms with van der Waals surface area (Å²) in [5.74, 6) is 0.791. The van der Waals surface area contributed by atoms with E-state index in [9.17, 15) is 13.2 Å². The highest BCUT2D eigenvalue weighted by Gasteiger charge is 2.32. The molecule has 29 heavy (non-hydrogen) atoms. The average Bonchev–Trinajstić information content (AvgIpc) is 3.15. The quantitative estimate of drug-likeness (QED) is 0.577. The molecule has 1 aromatic carbocycles. The molecule has 1 aliphatic rings. The van der Waals surface area contributed by atoms with Gasteiger partial charge in [-0.25, -0.2) is 9.97 Å². The van der Waals surface area contributed by atoms with E-state index in [1.54, 1.807) is 18.3 Å². The number of nitrogens with zero attached hydrogens (tertiary/aromatic N) is 4. The lowest BCUT2D eigenvalue weighted by Gasteiger charge is -2.20. The molecule has 4 rings (SSSR count). The van der Waals surface area contributed by atoms with Crippen LogP contribution in [0.25, 0.3) is 22.4 Å². The second-order valence-electron chi connectivity index (χ2n) is 6.99. The first-order valence-corrected chi connectivity index (χ1v) is 9.09. The minimum absolute atomic E-state index is 0.124. The fraction of sp³-hybridized carbons (Fsp3) is 0.316. The number of aromatic nitrogens is 3. The molecule has 0 spiro atoms. The second-order valence-corrected chi connectivity index (χ2v) is 6.99. The minimum Gasteiger partial charge on any atom is -0.398 e. The molecule has 1 fully saturated rings. The van der Waals surface area contributed by atoms with Gasteiger partial charge in [0, 0.05) is 36.7 Å². The summed E-state index contributed by atoms with van der Waals surface area (Å²) in [5, 5.41) is 3.24. The van der Waals surface area contributed by atoms with E-state index in [2.05, 4.69) is 25.2 Å². The fourth-order valence-electron chi connectivity index (χ4n) is 3.58. The Hall–Kier alpha value is -3.14. The van der Waals surface area contributed by atoms with Gasteiger partial charge in [-0.1, -0.05) is 0 Å². The monoisotopic (exact) mass is 403 g/mol. The molecular formula is C19H20F3N7. The molecule has 7 nitrogen and oxygen atoms in total. The van der Waals surface area contributed by atoms with E-state index in [0.29, 0.717) is 22.9 Å². The van der Waals surface area contributed by atoms with E-state index in [0.717, 1.165) is 31.6 Å². The Morgan fingerprint density at radius 1 is 1.17 bits per heavy atom. The van der Waals surface area contributed by atoms with Crippen LogP contribution in [0, 0.1) is 0 Å². The number of likely N-dealkylation sites (N-methyl/N-ethyl adjacent to an activating group) is 1. The first kappa shape index (κ1) is 19.2. The molecule has 0 saturated carbocycles. The highest BCUT2D eigenvalue weighted by molar-refractivity contribution is 5.91. The first-order valence-electron chi connectivity index (χ1n) is 9.09. The van der Waals surface area contributed by atoms with Crippen molar-refractivity contribution in [1.29, 1.82) is 0 Å². The molecule has 0 bridgehead atoms. The number of nitrogens with one attached hydrogen (secondary N) is 1. The number of alkyl halides is 3. The number of nitrogens with two attached hydrogens (primary N) is 2. The molecule has 1 saturated heterocycles. The van der Waals surface area contributed by atoms with Gasteiger partial charge >= 0.3 is 6.18 Å². The summed E-state index contributed by atoms with van der Waals surface area (Å²) in [5.41, 5.74) is 12.1. The molecule has 1 aliphatic heterocycles. The number of hydrogen-bond donors (Lipinski definition) is 3. The van der Waals surface area contributed by atoms with Gasteiger partial charge in [0.2, 0.25) is 0 Å². The number of benzene rings is 1. The molecule has 0 radical (unpaired) electrons. The highest BCUT2D eigenvalue weighted by atomic mass is 19.4. The van der Waals surface area contributed by atoms with Crippen LogP contribution in [-0.2, 0) is 6.18 Å². The van der Waals surface area contributed by atoms with Crippen molar-refractivity contribution in [2.24, 2.45) is 0 Å². The van der Waals surface area contributed by atoms with Crippen molar-refractivity contribution in [2.45, 2.75) is 18.6 Å². The van der Waals surface area contributed by atoms with E-state index < -0.39 is 11.7 Å². The highest BCUT2D eigenvalue weighted by Crippen LogP contribution is 2.39. The van der Waals surface area contributed by atoms with Crippen molar-refractivity contribution in [3.63, 3.8) is 0 Å². The van der Waals surface area contributed by atoms with Gasteiger partial charge < -0.3 is 21.7 Å². The van der Waals surface area contributed by atoms with Gasteiger partial charge in [-0.3, -0.25) is 4.98 Å². The lowest BCUT2D eigenvalue weighted by atomic mass is 10.1. The van der Waals surface area contributed by atoms with Crippen molar-refractivity contribution >= 4 is 28.2 Å². The topological polar surface area (TPSA) is 106 Å². The molecule has 0 aliphatic carbocycles. The average molecular weight is 403 g/mol. The maximum absolute atomic E-state index is 13.1. The lowest BCUT2D eigenvalue weighted by molar-refractivity contribution is -0.137. The normalized spacial score (nSPS) is 17.2. The van der Waals surface area contributed by atoms with Gasteiger partial charge in [-0.15, -0.1) is 0 Å². The number of fused-ring (bicyclic) bond motifs is 1. The van der Waals surface area contributed by atoms with Crippen molar-refractivity contribution < 1.29 is 13.2 Å². The third kappa shape index (κ3) is 3.51. The molecule has 1 atom stereocenters. The van der Waals surface area contributed by atoms with Crippen LogP contribution in [0.1, 0.15) is 12.0 Å². The zero-order chi connectivity index (χ0) is 20.8. The van der Waals surface area contributed by atoms with Crippen LogP contribution in [0.5, 0.6) is 0 Å². The molecule has 2 aromatic heterocycles. The van der Waals surface area contributed by atoms with Gasteiger partial charge in [0.05, 0.1) is 16.6 Å². The largest absolute Gasteiger partial charge is 0.416 e. The molecule has 5 N–H and O–H groups in total. The third-order valence-electron chi connectivity index (χ3n) is 5.08. The maximum atomic E-state index is 13.1. The number of nitrogen functional groups attached to an aromatic ring is 2. The number of rotatable bonds is 3. The number of anilines is 3. The van der Waals surface area contributed by atoms with Gasteiger partial charge in [0.25, 0.3) is 0 Å². The molecule has 152 valence electrons. The summed E-state index contributed by atoms with van der Waals surface area (Å²) in [6, 6.07) is 5.54. The summed E-state index contributed by atoms with van der Waals surface area (Å²) in [4.78, 5) is 15.6. The minimum atomic E-state index is -4.54. The molecule has 3 heterocycles. The molecule has 0 amide bonds.